The first kappa shape index (κ1) is 22.4. The van der Waals surface area contributed by atoms with Gasteiger partial charge in [0.2, 0.25) is 0 Å². The van der Waals surface area contributed by atoms with Crippen molar-refractivity contribution in [3.05, 3.63) is 70.0 Å². The smallest absolute Gasteiger partial charge is 0.295 e. The maximum absolute atomic E-state index is 13.7. The number of allylic oxidation sites excluding steroid dienone is 1. The second-order valence-corrected chi connectivity index (χ2v) is 8.72. The molecule has 2 aromatic rings. The summed E-state index contributed by atoms with van der Waals surface area (Å²) in [6, 6.07) is 8.03. The molecule has 0 aliphatic heterocycles. The molecule has 0 spiro atoms. The molecule has 8 heteroatoms. The number of nitriles is 1. The first-order chi connectivity index (χ1) is 13.4. The number of carbonyl (C=O) groups is 1. The van der Waals surface area contributed by atoms with E-state index >= 15 is 0 Å². The monoisotopic (exact) mass is 423 g/mol. The number of benzene rings is 2. The van der Waals surface area contributed by atoms with Crippen molar-refractivity contribution in [1.82, 2.24) is 0 Å². The number of hydrogen-bond donors (Lipinski definition) is 0. The summed E-state index contributed by atoms with van der Waals surface area (Å²) >= 11 is 0. The quantitative estimate of drug-likeness (QED) is 0.395. The number of halogens is 4. The maximum atomic E-state index is 13.7. The van der Waals surface area contributed by atoms with E-state index in [2.05, 4.69) is 5.87 Å². The van der Waals surface area contributed by atoms with Crippen molar-refractivity contribution >= 4 is 27.3 Å². The topological polar surface area (TPSA) is 57.9 Å². The lowest BCUT2D eigenvalue weighted by Gasteiger charge is -2.19. The summed E-state index contributed by atoms with van der Waals surface area (Å²) in [5, 5.41) is 8.97. The Morgan fingerprint density at radius 2 is 1.93 bits per heavy atom. The van der Waals surface area contributed by atoms with Gasteiger partial charge in [0.25, 0.3) is 0 Å². The third kappa shape index (κ3) is 4.93. The largest absolute Gasteiger partial charge is 0.467 e. The summed E-state index contributed by atoms with van der Waals surface area (Å²) < 4.78 is 66.0. The van der Waals surface area contributed by atoms with E-state index < -0.39 is 31.5 Å². The third-order valence-corrected chi connectivity index (χ3v) is 6.10. The van der Waals surface area contributed by atoms with Crippen molar-refractivity contribution in [2.75, 3.05) is 0 Å². The van der Waals surface area contributed by atoms with Gasteiger partial charge in [0.15, 0.2) is 5.78 Å². The van der Waals surface area contributed by atoms with Gasteiger partial charge in [-0.25, -0.2) is 4.39 Å². The highest BCUT2D eigenvalue weighted by Gasteiger charge is 2.42. The zero-order valence-corrected chi connectivity index (χ0v) is 16.5. The second kappa shape index (κ2) is 8.21. The van der Waals surface area contributed by atoms with Gasteiger partial charge < -0.3 is 0 Å². The summed E-state index contributed by atoms with van der Waals surface area (Å²) in [5.41, 5.74) is -3.64. The predicted octanol–water partition coefficient (Wildman–Crippen LogP) is 4.79. The summed E-state index contributed by atoms with van der Waals surface area (Å²) in [6.07, 6.45) is 2.39. The Bertz CT molecular complexity index is 1140. The van der Waals surface area contributed by atoms with Crippen LogP contribution in [0.5, 0.6) is 0 Å². The molecule has 152 valence electrons. The highest BCUT2D eigenvalue weighted by molar-refractivity contribution is 8.01. The van der Waals surface area contributed by atoms with Crippen LogP contribution in [0.25, 0.3) is 6.08 Å². The Hall–Kier alpha value is -2.92. The van der Waals surface area contributed by atoms with Gasteiger partial charge >= 0.3 is 5.51 Å². The lowest BCUT2D eigenvalue weighted by atomic mass is 9.95. The van der Waals surface area contributed by atoms with E-state index in [0.717, 1.165) is 18.2 Å². The Balaban J connectivity index is 2.66. The molecule has 0 N–H and O–H groups in total. The Morgan fingerprint density at radius 3 is 2.48 bits per heavy atom. The van der Waals surface area contributed by atoms with Crippen molar-refractivity contribution < 1.29 is 26.6 Å². The van der Waals surface area contributed by atoms with Gasteiger partial charge in [-0.15, -0.1) is 0 Å². The Morgan fingerprint density at radius 1 is 1.28 bits per heavy atom. The molecule has 0 radical (unpaired) electrons. The fraction of sp³-hybridized carbons (Fsp3) is 0.190. The van der Waals surface area contributed by atoms with Crippen LogP contribution in [0, 0.1) is 24.1 Å². The molecule has 0 aromatic heterocycles. The van der Waals surface area contributed by atoms with E-state index in [4.69, 9.17) is 5.26 Å². The van der Waals surface area contributed by atoms with Crippen molar-refractivity contribution in [3.63, 3.8) is 0 Å². The molecular formula is C21H17F4NO2S. The average Bonchev–Trinajstić information content (AvgIpc) is 2.60. The van der Waals surface area contributed by atoms with Crippen molar-refractivity contribution in [2.45, 2.75) is 30.7 Å². The number of ketones is 1. The molecule has 1 atom stereocenters. The molecule has 29 heavy (non-hydrogen) atoms. The Labute approximate surface area is 166 Å². The summed E-state index contributed by atoms with van der Waals surface area (Å²) in [7, 11) is -4.65. The molecule has 0 aliphatic rings. The molecule has 0 fully saturated rings. The van der Waals surface area contributed by atoms with Gasteiger partial charge in [0.1, 0.15) is 5.82 Å². The van der Waals surface area contributed by atoms with Gasteiger partial charge in [-0.2, -0.15) is 18.4 Å². The molecular weight excluding hydrogens is 406 g/mol. The molecule has 0 aliphatic carbocycles. The molecule has 0 bridgehead atoms. The average molecular weight is 423 g/mol. The predicted molar refractivity (Wildman–Crippen MR) is 104 cm³/mol. The molecule has 0 amide bonds. The molecule has 0 saturated heterocycles. The lowest BCUT2D eigenvalue weighted by Crippen LogP contribution is -2.24. The van der Waals surface area contributed by atoms with Crippen LogP contribution >= 0.6 is 0 Å². The minimum Gasteiger partial charge on any atom is -0.295 e. The van der Waals surface area contributed by atoms with Crippen molar-refractivity contribution in [2.24, 2.45) is 0 Å². The van der Waals surface area contributed by atoms with Gasteiger partial charge in [-0.05, 0) is 84.8 Å². The van der Waals surface area contributed by atoms with Gasteiger partial charge in [-0.3, -0.25) is 9.00 Å². The normalized spacial score (nSPS) is 13.8. The van der Waals surface area contributed by atoms with E-state index in [0.29, 0.717) is 16.7 Å². The molecule has 2 aromatic carbocycles. The van der Waals surface area contributed by atoms with Crippen LogP contribution in [0.3, 0.4) is 0 Å². The standard InChI is InChI=1S/C21H17F4NO2S/c1-13(27)4-6-19-14(2)17(5-7-20(19)29(3,28)21(23,24)25)9-15-8-16(12-26)11-18(22)10-15/h4-8,10-11H,3,9H2,1-2H3/b6-4+. The van der Waals surface area contributed by atoms with Crippen molar-refractivity contribution in [3.8, 4) is 6.07 Å². The van der Waals surface area contributed by atoms with E-state index in [1.54, 1.807) is 0 Å². The number of alkyl halides is 3. The number of rotatable bonds is 5. The van der Waals surface area contributed by atoms with Crippen LogP contribution in [0.1, 0.15) is 34.7 Å². The molecule has 2 rings (SSSR count). The summed E-state index contributed by atoms with van der Waals surface area (Å²) in [6.45, 7) is 2.76. The van der Waals surface area contributed by atoms with E-state index in [1.165, 1.54) is 38.1 Å². The number of carbonyl (C=O) groups excluding carboxylic acids is 1. The van der Waals surface area contributed by atoms with Crippen LogP contribution < -0.4 is 0 Å². The highest BCUT2D eigenvalue weighted by Crippen LogP contribution is 2.35. The summed E-state index contributed by atoms with van der Waals surface area (Å²) in [5.74, 6) is 1.88. The molecule has 1 unspecified atom stereocenters. The minimum absolute atomic E-state index is 0.0214. The van der Waals surface area contributed by atoms with Crippen LogP contribution in [-0.4, -0.2) is 21.4 Å². The number of nitrogens with zero attached hydrogens (tertiary/aromatic N) is 1. The minimum atomic E-state index is -5.07. The van der Waals surface area contributed by atoms with E-state index in [9.17, 15) is 26.6 Å². The fourth-order valence-electron chi connectivity index (χ4n) is 2.80. The third-order valence-electron chi connectivity index (χ3n) is 4.28. The van der Waals surface area contributed by atoms with E-state index in [-0.39, 0.29) is 17.5 Å². The Kier molecular flexibility index (Phi) is 6.34. The fourth-order valence-corrected chi connectivity index (χ4v) is 3.91. The highest BCUT2D eigenvalue weighted by atomic mass is 32.2. The maximum Gasteiger partial charge on any atom is 0.467 e. The van der Waals surface area contributed by atoms with E-state index in [1.807, 2.05) is 6.07 Å². The zero-order chi connectivity index (χ0) is 22.0. The molecule has 0 saturated carbocycles. The first-order valence-electron chi connectivity index (χ1n) is 8.31. The van der Waals surface area contributed by atoms with Crippen LogP contribution in [0.15, 0.2) is 41.3 Å². The van der Waals surface area contributed by atoms with Crippen LogP contribution in [0.4, 0.5) is 17.6 Å². The SMILES string of the molecule is C=S(=O)(c1ccc(Cc2cc(F)cc(C#N)c2)c(C)c1/C=C/C(C)=O)C(F)(F)F. The molecule has 0 heterocycles. The first-order valence-corrected chi connectivity index (χ1v) is 10.0. The number of hydrogen-bond acceptors (Lipinski definition) is 3. The summed E-state index contributed by atoms with van der Waals surface area (Å²) in [4.78, 5) is 10.8. The second-order valence-electron chi connectivity index (χ2n) is 6.46. The van der Waals surface area contributed by atoms with Gasteiger partial charge in [-0.1, -0.05) is 6.07 Å². The lowest BCUT2D eigenvalue weighted by molar-refractivity contribution is -0.112. The van der Waals surface area contributed by atoms with Crippen molar-refractivity contribution in [1.29, 1.82) is 5.26 Å². The zero-order valence-electron chi connectivity index (χ0n) is 15.6. The van der Waals surface area contributed by atoms with Crippen LogP contribution in [0.2, 0.25) is 0 Å². The van der Waals surface area contributed by atoms with Crippen LogP contribution in [-0.2, 0) is 20.7 Å². The van der Waals surface area contributed by atoms with Gasteiger partial charge in [0.05, 0.1) is 21.2 Å². The molecule has 3 nitrogen and oxygen atoms in total. The van der Waals surface area contributed by atoms with Gasteiger partial charge in [0, 0.05) is 4.90 Å².